The predicted molar refractivity (Wildman–Crippen MR) is 109 cm³/mol. The maximum atomic E-state index is 12.8. The average molecular weight is 361 g/mol. The molecule has 2 N–H and O–H groups in total. The monoisotopic (exact) mass is 361 g/mol. The van der Waals surface area contributed by atoms with Gasteiger partial charge in [-0.25, -0.2) is 0 Å². The maximum Gasteiger partial charge on any atom is 0.257 e. The number of carbonyl (C=O) groups excluding carboxylic acids is 2. The van der Waals surface area contributed by atoms with Crippen molar-refractivity contribution in [1.29, 1.82) is 0 Å². The SMILES string of the molecule is CC(=O)Nc1cccc(NC(=O)c2cc(C)n(-c3cccc(C)c3)c2C)c1. The summed E-state index contributed by atoms with van der Waals surface area (Å²) in [4.78, 5) is 24.0. The number of hydrogen-bond donors (Lipinski definition) is 2. The van der Waals surface area contributed by atoms with Gasteiger partial charge < -0.3 is 15.2 Å². The molecular formula is C22H23N3O2. The van der Waals surface area contributed by atoms with Crippen LogP contribution in [0.15, 0.2) is 54.6 Å². The molecule has 5 nitrogen and oxygen atoms in total. The third kappa shape index (κ3) is 4.08. The minimum absolute atomic E-state index is 0.153. The summed E-state index contributed by atoms with van der Waals surface area (Å²) >= 11 is 0. The predicted octanol–water partition coefficient (Wildman–Crippen LogP) is 4.61. The van der Waals surface area contributed by atoms with Crippen LogP contribution < -0.4 is 10.6 Å². The van der Waals surface area contributed by atoms with Crippen molar-refractivity contribution in [2.24, 2.45) is 0 Å². The van der Waals surface area contributed by atoms with E-state index in [0.29, 0.717) is 16.9 Å². The molecule has 0 aliphatic heterocycles. The molecule has 2 aromatic carbocycles. The van der Waals surface area contributed by atoms with Crippen molar-refractivity contribution in [1.82, 2.24) is 4.57 Å². The second-order valence-corrected chi connectivity index (χ2v) is 6.68. The quantitative estimate of drug-likeness (QED) is 0.712. The number of anilines is 2. The van der Waals surface area contributed by atoms with Crippen LogP contribution in [0.1, 0.15) is 34.2 Å². The fraction of sp³-hybridized carbons (Fsp3) is 0.182. The molecule has 0 fully saturated rings. The van der Waals surface area contributed by atoms with E-state index in [4.69, 9.17) is 0 Å². The third-order valence-corrected chi connectivity index (χ3v) is 4.38. The Morgan fingerprint density at radius 2 is 1.52 bits per heavy atom. The van der Waals surface area contributed by atoms with Crippen LogP contribution in [0.5, 0.6) is 0 Å². The molecule has 5 heteroatoms. The molecule has 0 bridgehead atoms. The van der Waals surface area contributed by atoms with E-state index < -0.39 is 0 Å². The number of nitrogens with zero attached hydrogens (tertiary/aromatic N) is 1. The number of rotatable bonds is 4. The molecule has 1 heterocycles. The summed E-state index contributed by atoms with van der Waals surface area (Å²) in [7, 11) is 0. The molecule has 3 aromatic rings. The zero-order chi connectivity index (χ0) is 19.6. The Morgan fingerprint density at radius 1 is 0.852 bits per heavy atom. The van der Waals surface area contributed by atoms with E-state index in [2.05, 4.69) is 21.3 Å². The number of nitrogens with one attached hydrogen (secondary N) is 2. The van der Waals surface area contributed by atoms with Crippen LogP contribution in [-0.4, -0.2) is 16.4 Å². The van der Waals surface area contributed by atoms with E-state index in [1.165, 1.54) is 12.5 Å². The highest BCUT2D eigenvalue weighted by molar-refractivity contribution is 6.05. The van der Waals surface area contributed by atoms with E-state index in [-0.39, 0.29) is 11.8 Å². The van der Waals surface area contributed by atoms with Gasteiger partial charge in [0.05, 0.1) is 5.56 Å². The Labute approximate surface area is 159 Å². The zero-order valence-electron chi connectivity index (χ0n) is 16.0. The molecule has 0 saturated carbocycles. The molecule has 0 aliphatic rings. The lowest BCUT2D eigenvalue weighted by Gasteiger charge is -2.11. The van der Waals surface area contributed by atoms with Gasteiger partial charge >= 0.3 is 0 Å². The number of benzene rings is 2. The Hall–Kier alpha value is -3.34. The maximum absolute atomic E-state index is 12.8. The second-order valence-electron chi connectivity index (χ2n) is 6.68. The summed E-state index contributed by atoms with van der Waals surface area (Å²) < 4.78 is 2.08. The summed E-state index contributed by atoms with van der Waals surface area (Å²) in [5.41, 5.74) is 5.98. The molecule has 2 amide bonds. The minimum Gasteiger partial charge on any atom is -0.326 e. The first-order valence-corrected chi connectivity index (χ1v) is 8.80. The van der Waals surface area contributed by atoms with Gasteiger partial charge in [-0.15, -0.1) is 0 Å². The van der Waals surface area contributed by atoms with Crippen LogP contribution in [0, 0.1) is 20.8 Å². The van der Waals surface area contributed by atoms with Gasteiger partial charge in [0.25, 0.3) is 5.91 Å². The van der Waals surface area contributed by atoms with Gasteiger partial charge in [0.15, 0.2) is 0 Å². The fourth-order valence-corrected chi connectivity index (χ4v) is 3.23. The van der Waals surface area contributed by atoms with Crippen LogP contribution in [0.2, 0.25) is 0 Å². The Kier molecular flexibility index (Phi) is 5.12. The minimum atomic E-state index is -0.179. The molecule has 27 heavy (non-hydrogen) atoms. The van der Waals surface area contributed by atoms with Gasteiger partial charge in [0.2, 0.25) is 5.91 Å². The van der Waals surface area contributed by atoms with Crippen molar-refractivity contribution < 1.29 is 9.59 Å². The lowest BCUT2D eigenvalue weighted by Crippen LogP contribution is -2.13. The smallest absolute Gasteiger partial charge is 0.257 e. The highest BCUT2D eigenvalue weighted by Gasteiger charge is 2.17. The molecule has 0 atom stereocenters. The van der Waals surface area contributed by atoms with E-state index in [0.717, 1.165) is 17.1 Å². The standard InChI is InChI=1S/C22H23N3O2/c1-14-7-5-10-20(11-14)25-15(2)12-21(16(25)3)22(27)24-19-9-6-8-18(13-19)23-17(4)26/h5-13H,1-4H3,(H,23,26)(H,24,27). The van der Waals surface area contributed by atoms with Gasteiger partial charge in [-0.05, 0) is 62.7 Å². The lowest BCUT2D eigenvalue weighted by atomic mass is 10.2. The van der Waals surface area contributed by atoms with Crippen LogP contribution >= 0.6 is 0 Å². The van der Waals surface area contributed by atoms with Crippen molar-refractivity contribution in [2.45, 2.75) is 27.7 Å². The van der Waals surface area contributed by atoms with Crippen molar-refractivity contribution in [3.8, 4) is 5.69 Å². The molecular weight excluding hydrogens is 338 g/mol. The molecule has 0 unspecified atom stereocenters. The highest BCUT2D eigenvalue weighted by atomic mass is 16.2. The zero-order valence-corrected chi connectivity index (χ0v) is 16.0. The molecule has 138 valence electrons. The average Bonchev–Trinajstić information content (AvgIpc) is 2.89. The van der Waals surface area contributed by atoms with Gasteiger partial charge in [0.1, 0.15) is 0 Å². The van der Waals surface area contributed by atoms with Crippen molar-refractivity contribution in [3.05, 3.63) is 77.1 Å². The third-order valence-electron chi connectivity index (χ3n) is 4.38. The van der Waals surface area contributed by atoms with Gasteiger partial charge in [0, 0.05) is 35.4 Å². The van der Waals surface area contributed by atoms with Crippen molar-refractivity contribution in [3.63, 3.8) is 0 Å². The molecule has 3 rings (SSSR count). The van der Waals surface area contributed by atoms with Crippen LogP contribution in [-0.2, 0) is 4.79 Å². The fourth-order valence-electron chi connectivity index (χ4n) is 3.23. The summed E-state index contributed by atoms with van der Waals surface area (Å²) in [6.45, 7) is 7.43. The van der Waals surface area contributed by atoms with E-state index in [1.54, 1.807) is 24.3 Å². The largest absolute Gasteiger partial charge is 0.326 e. The first kappa shape index (κ1) is 18.5. The first-order chi connectivity index (χ1) is 12.8. The topological polar surface area (TPSA) is 63.1 Å². The van der Waals surface area contributed by atoms with E-state index >= 15 is 0 Å². The van der Waals surface area contributed by atoms with Crippen molar-refractivity contribution in [2.75, 3.05) is 10.6 Å². The highest BCUT2D eigenvalue weighted by Crippen LogP contribution is 2.23. The number of aromatic nitrogens is 1. The number of aryl methyl sites for hydroxylation is 2. The normalized spacial score (nSPS) is 10.5. The lowest BCUT2D eigenvalue weighted by molar-refractivity contribution is -0.114. The number of hydrogen-bond acceptors (Lipinski definition) is 2. The summed E-state index contributed by atoms with van der Waals surface area (Å²) in [6.07, 6.45) is 0. The van der Waals surface area contributed by atoms with E-state index in [9.17, 15) is 9.59 Å². The molecule has 0 spiro atoms. The van der Waals surface area contributed by atoms with Crippen LogP contribution in [0.4, 0.5) is 11.4 Å². The van der Waals surface area contributed by atoms with Gasteiger partial charge in [-0.3, -0.25) is 9.59 Å². The molecule has 0 radical (unpaired) electrons. The Bertz CT molecular complexity index is 1020. The van der Waals surface area contributed by atoms with Gasteiger partial charge in [-0.2, -0.15) is 0 Å². The summed E-state index contributed by atoms with van der Waals surface area (Å²) in [6, 6.07) is 17.2. The Balaban J connectivity index is 1.88. The number of amides is 2. The molecule has 1 aromatic heterocycles. The van der Waals surface area contributed by atoms with E-state index in [1.807, 2.05) is 45.0 Å². The second kappa shape index (κ2) is 7.50. The summed E-state index contributed by atoms with van der Waals surface area (Å²) in [5, 5.41) is 5.63. The summed E-state index contributed by atoms with van der Waals surface area (Å²) in [5.74, 6) is -0.331. The van der Waals surface area contributed by atoms with Crippen molar-refractivity contribution >= 4 is 23.2 Å². The molecule has 0 saturated heterocycles. The number of carbonyl (C=O) groups is 2. The van der Waals surface area contributed by atoms with Gasteiger partial charge in [-0.1, -0.05) is 18.2 Å². The Morgan fingerprint density at radius 3 is 2.19 bits per heavy atom. The van der Waals surface area contributed by atoms with Crippen LogP contribution in [0.3, 0.4) is 0 Å². The van der Waals surface area contributed by atoms with Crippen LogP contribution in [0.25, 0.3) is 5.69 Å². The first-order valence-electron chi connectivity index (χ1n) is 8.80. The molecule has 0 aliphatic carbocycles.